The number of fused-ring (bicyclic) bond motifs is 1. The van der Waals surface area contributed by atoms with Gasteiger partial charge < -0.3 is 15.4 Å². The van der Waals surface area contributed by atoms with Gasteiger partial charge in [-0.1, -0.05) is 35.9 Å². The van der Waals surface area contributed by atoms with E-state index in [9.17, 15) is 41.1 Å². The van der Waals surface area contributed by atoms with Crippen LogP contribution >= 0.6 is 11.6 Å². The molecule has 1 fully saturated rings. The van der Waals surface area contributed by atoms with Crippen LogP contribution in [0.5, 0.6) is 0 Å². The van der Waals surface area contributed by atoms with E-state index < -0.39 is 52.9 Å². The standard InChI is InChI=1S/C31H24ClF6N3O3/c32-22-7-5-18(6-8-22)13-24-17-23(39-28(42)26-10-12-41(44)27-4-2-1-3-25(26)27)9-11-40(24)29(43)19-14-20(30(33,34)35)16-21(15-19)31(36,37)38/h1-8,10,12,14-16,23-24H,9,11,13,17H2,(H,39,42)/t23-,24+/m0/s1. The maximum Gasteiger partial charge on any atom is 0.416 e. The minimum absolute atomic E-state index is 0.0225. The number of carbonyl (C=O) groups excluding carboxylic acids is 2. The summed E-state index contributed by atoms with van der Waals surface area (Å²) in [5.41, 5.74) is -2.64. The summed E-state index contributed by atoms with van der Waals surface area (Å²) in [6.07, 6.45) is -8.45. The van der Waals surface area contributed by atoms with Crippen LogP contribution in [-0.4, -0.2) is 35.3 Å². The van der Waals surface area contributed by atoms with Crippen molar-refractivity contribution in [3.63, 3.8) is 0 Å². The predicted molar refractivity (Wildman–Crippen MR) is 150 cm³/mol. The molecule has 0 radical (unpaired) electrons. The van der Waals surface area contributed by atoms with Gasteiger partial charge in [0.15, 0.2) is 6.20 Å². The Morgan fingerprint density at radius 1 is 0.932 bits per heavy atom. The molecule has 230 valence electrons. The van der Waals surface area contributed by atoms with Crippen LogP contribution in [0, 0.1) is 5.21 Å². The van der Waals surface area contributed by atoms with Crippen molar-refractivity contribution in [1.29, 1.82) is 0 Å². The van der Waals surface area contributed by atoms with Gasteiger partial charge in [-0.15, -0.1) is 0 Å². The Labute approximate surface area is 252 Å². The Bertz CT molecular complexity index is 1680. The normalized spacial score (nSPS) is 17.5. The van der Waals surface area contributed by atoms with Gasteiger partial charge in [-0.2, -0.15) is 31.1 Å². The molecule has 2 amide bonds. The molecule has 2 atom stereocenters. The third kappa shape index (κ3) is 6.75. The lowest BCUT2D eigenvalue weighted by Crippen LogP contribution is -2.52. The zero-order valence-corrected chi connectivity index (χ0v) is 23.5. The number of pyridine rings is 1. The Morgan fingerprint density at radius 2 is 1.57 bits per heavy atom. The smallest absolute Gasteiger partial charge is 0.416 e. The Morgan fingerprint density at radius 3 is 2.20 bits per heavy atom. The van der Waals surface area contributed by atoms with Crippen molar-refractivity contribution in [2.24, 2.45) is 0 Å². The second kappa shape index (κ2) is 12.0. The molecule has 44 heavy (non-hydrogen) atoms. The van der Waals surface area contributed by atoms with Gasteiger partial charge in [0, 0.05) is 41.3 Å². The van der Waals surface area contributed by atoms with E-state index in [-0.39, 0.29) is 37.4 Å². The number of para-hydroxylation sites is 1. The lowest BCUT2D eigenvalue weighted by atomic mass is 9.90. The molecule has 0 aliphatic carbocycles. The summed E-state index contributed by atoms with van der Waals surface area (Å²) in [7, 11) is 0. The molecule has 0 spiro atoms. The largest absolute Gasteiger partial charge is 0.618 e. The number of nitrogens with one attached hydrogen (secondary N) is 1. The maximum absolute atomic E-state index is 13.6. The quantitative estimate of drug-likeness (QED) is 0.149. The highest BCUT2D eigenvalue weighted by molar-refractivity contribution is 6.30. The van der Waals surface area contributed by atoms with E-state index in [0.717, 1.165) is 5.56 Å². The van der Waals surface area contributed by atoms with Crippen molar-refractivity contribution >= 4 is 34.3 Å². The fourth-order valence-corrected chi connectivity index (χ4v) is 5.57. The van der Waals surface area contributed by atoms with Crippen molar-refractivity contribution in [2.75, 3.05) is 6.54 Å². The van der Waals surface area contributed by atoms with Crippen LogP contribution in [0.2, 0.25) is 5.02 Å². The number of halogens is 7. The molecule has 1 saturated heterocycles. The monoisotopic (exact) mass is 635 g/mol. The fourth-order valence-electron chi connectivity index (χ4n) is 5.45. The number of likely N-dealkylation sites (tertiary alicyclic amines) is 1. The molecule has 0 saturated carbocycles. The molecule has 3 aromatic carbocycles. The highest BCUT2D eigenvalue weighted by atomic mass is 35.5. The molecule has 0 bridgehead atoms. The number of benzene rings is 3. The maximum atomic E-state index is 13.6. The van der Waals surface area contributed by atoms with Gasteiger partial charge in [0.1, 0.15) is 0 Å². The van der Waals surface area contributed by atoms with Crippen LogP contribution in [0.25, 0.3) is 10.9 Å². The molecule has 1 aliphatic rings. The molecule has 4 aromatic rings. The lowest BCUT2D eigenvalue weighted by molar-refractivity contribution is -0.577. The van der Waals surface area contributed by atoms with Gasteiger partial charge in [0.2, 0.25) is 5.52 Å². The Hall–Kier alpha value is -4.32. The van der Waals surface area contributed by atoms with E-state index in [1.165, 1.54) is 17.2 Å². The second-order valence-electron chi connectivity index (χ2n) is 10.5. The van der Waals surface area contributed by atoms with Crippen LogP contribution < -0.4 is 10.0 Å². The number of nitrogens with zero attached hydrogens (tertiary/aromatic N) is 2. The summed E-state index contributed by atoms with van der Waals surface area (Å²) < 4.78 is 81.7. The number of rotatable bonds is 5. The summed E-state index contributed by atoms with van der Waals surface area (Å²) in [5, 5.41) is 16.0. The van der Waals surface area contributed by atoms with Crippen molar-refractivity contribution in [3.05, 3.63) is 117 Å². The van der Waals surface area contributed by atoms with E-state index in [1.54, 1.807) is 48.5 Å². The molecule has 6 nitrogen and oxygen atoms in total. The van der Waals surface area contributed by atoms with E-state index in [1.807, 2.05) is 0 Å². The summed E-state index contributed by atoms with van der Waals surface area (Å²) in [6.45, 7) is -0.0459. The van der Waals surface area contributed by atoms with Crippen molar-refractivity contribution in [2.45, 2.75) is 43.7 Å². The van der Waals surface area contributed by atoms with Crippen LogP contribution in [0.15, 0.2) is 79.0 Å². The average molecular weight is 636 g/mol. The first-order valence-electron chi connectivity index (χ1n) is 13.5. The summed E-state index contributed by atoms with van der Waals surface area (Å²) in [5.74, 6) is -1.45. The first-order valence-corrected chi connectivity index (χ1v) is 13.8. The highest BCUT2D eigenvalue weighted by Crippen LogP contribution is 2.37. The molecule has 1 aromatic heterocycles. The number of alkyl halides is 6. The first kappa shape index (κ1) is 31.1. The van der Waals surface area contributed by atoms with Gasteiger partial charge in [0.25, 0.3) is 11.8 Å². The number of carbonyl (C=O) groups is 2. The van der Waals surface area contributed by atoms with E-state index in [0.29, 0.717) is 32.8 Å². The number of hydrogen-bond donors (Lipinski definition) is 1. The van der Waals surface area contributed by atoms with Crippen molar-refractivity contribution < 1.29 is 40.7 Å². The van der Waals surface area contributed by atoms with Crippen LogP contribution in [0.4, 0.5) is 26.3 Å². The van der Waals surface area contributed by atoms with Crippen LogP contribution in [-0.2, 0) is 18.8 Å². The third-order valence-electron chi connectivity index (χ3n) is 7.58. The summed E-state index contributed by atoms with van der Waals surface area (Å²) >= 11 is 5.99. The molecule has 13 heteroatoms. The van der Waals surface area contributed by atoms with Gasteiger partial charge in [-0.05, 0) is 61.2 Å². The summed E-state index contributed by atoms with van der Waals surface area (Å²) in [6, 6.07) is 14.2. The van der Waals surface area contributed by atoms with E-state index >= 15 is 0 Å². The minimum atomic E-state index is -5.11. The number of amides is 2. The summed E-state index contributed by atoms with van der Waals surface area (Å²) in [4.78, 5) is 28.2. The zero-order valence-electron chi connectivity index (χ0n) is 22.8. The van der Waals surface area contributed by atoms with Crippen molar-refractivity contribution in [1.82, 2.24) is 10.2 Å². The number of aromatic nitrogens is 1. The SMILES string of the molecule is O=C(N[C@H]1CCN(C(=O)c2cc(C(F)(F)F)cc(C(F)(F)F)c2)[C@H](Cc2ccc(Cl)cc2)C1)c1cc[n+]([O-])c2ccccc12. The van der Waals surface area contributed by atoms with Gasteiger partial charge in [-0.3, -0.25) is 9.59 Å². The molecular formula is C31H24ClF6N3O3. The zero-order chi connectivity index (χ0) is 31.8. The molecular weight excluding hydrogens is 612 g/mol. The predicted octanol–water partition coefficient (Wildman–Crippen LogP) is 6.81. The molecule has 5 rings (SSSR count). The first-order chi connectivity index (χ1) is 20.7. The van der Waals surface area contributed by atoms with Gasteiger partial charge in [-0.25, -0.2) is 0 Å². The van der Waals surface area contributed by atoms with E-state index in [2.05, 4.69) is 5.32 Å². The Kier molecular flexibility index (Phi) is 8.48. The number of piperidine rings is 1. The lowest BCUT2D eigenvalue weighted by Gasteiger charge is -2.40. The third-order valence-corrected chi connectivity index (χ3v) is 7.84. The molecule has 2 heterocycles. The second-order valence-corrected chi connectivity index (χ2v) is 11.0. The average Bonchev–Trinajstić information content (AvgIpc) is 2.97. The van der Waals surface area contributed by atoms with Gasteiger partial charge >= 0.3 is 12.4 Å². The van der Waals surface area contributed by atoms with Crippen LogP contribution in [0.3, 0.4) is 0 Å². The minimum Gasteiger partial charge on any atom is -0.618 e. The topological polar surface area (TPSA) is 76.4 Å². The van der Waals surface area contributed by atoms with Gasteiger partial charge in [0.05, 0.1) is 22.1 Å². The highest BCUT2D eigenvalue weighted by Gasteiger charge is 2.39. The number of hydrogen-bond acceptors (Lipinski definition) is 3. The van der Waals surface area contributed by atoms with E-state index in [4.69, 9.17) is 11.6 Å². The molecule has 1 aliphatic heterocycles. The fraction of sp³-hybridized carbons (Fsp3) is 0.258. The molecule has 1 N–H and O–H groups in total. The molecule has 0 unspecified atom stereocenters. The van der Waals surface area contributed by atoms with Crippen molar-refractivity contribution in [3.8, 4) is 0 Å². The Balaban J connectivity index is 1.44. The van der Waals surface area contributed by atoms with Crippen LogP contribution in [0.1, 0.15) is 50.2 Å².